The third-order valence-electron chi connectivity index (χ3n) is 5.60. The Bertz CT molecular complexity index is 1190. The molecule has 2 aromatic heterocycles. The van der Waals surface area contributed by atoms with Gasteiger partial charge in [0.2, 0.25) is 0 Å². The molecule has 3 aromatic rings. The van der Waals surface area contributed by atoms with Gasteiger partial charge in [0, 0.05) is 67.8 Å². The smallest absolute Gasteiger partial charge is 0.350 e. The molecule has 0 aliphatic heterocycles. The van der Waals surface area contributed by atoms with E-state index in [-0.39, 0.29) is 56.4 Å². The average molecular weight is 618 g/mol. The molecule has 0 spiro atoms. The molecule has 1 radical (unpaired) electrons. The van der Waals surface area contributed by atoms with E-state index in [2.05, 4.69) is 48.4 Å². The Morgan fingerprint density at radius 2 is 1.92 bits per heavy atom. The summed E-state index contributed by atoms with van der Waals surface area (Å²) in [4.78, 5) is 29.3. The van der Waals surface area contributed by atoms with Gasteiger partial charge in [-0.15, -0.1) is 17.4 Å². The molecule has 6 nitrogen and oxygen atoms in total. The van der Waals surface area contributed by atoms with Crippen molar-refractivity contribution in [2.75, 3.05) is 7.11 Å². The van der Waals surface area contributed by atoms with E-state index in [0.29, 0.717) is 18.6 Å². The van der Waals surface area contributed by atoms with Crippen LogP contribution in [0.3, 0.4) is 0 Å². The Labute approximate surface area is 256 Å². The maximum atomic E-state index is 11.8. The largest absolute Gasteiger partial charge is 0.569 e. The zero-order valence-electron chi connectivity index (χ0n) is 23.9. The van der Waals surface area contributed by atoms with E-state index in [4.69, 9.17) is 4.42 Å². The van der Waals surface area contributed by atoms with Crippen LogP contribution >= 0.6 is 11.3 Å². The van der Waals surface area contributed by atoms with E-state index in [1.807, 2.05) is 38.2 Å². The van der Waals surface area contributed by atoms with E-state index in [0.717, 1.165) is 0 Å². The third kappa shape index (κ3) is 11.9. The summed E-state index contributed by atoms with van der Waals surface area (Å²) in [5.41, 5.74) is 4.01. The first-order valence-corrected chi connectivity index (χ1v) is 13.9. The van der Waals surface area contributed by atoms with Gasteiger partial charge in [-0.3, -0.25) is 4.79 Å². The number of rotatable bonds is 11. The van der Waals surface area contributed by atoms with Gasteiger partial charge >= 0.3 is 5.63 Å². The number of aromatic hydroxyl groups is 1. The van der Waals surface area contributed by atoms with E-state index < -0.39 is 11.4 Å². The second-order valence-electron chi connectivity index (χ2n) is 8.46. The van der Waals surface area contributed by atoms with Crippen LogP contribution in [0.25, 0.3) is 15.6 Å². The maximum Gasteiger partial charge on any atom is 0.350 e. The van der Waals surface area contributed by atoms with Gasteiger partial charge in [0.15, 0.2) is 5.78 Å². The Balaban J connectivity index is 0.000000699. The van der Waals surface area contributed by atoms with Crippen LogP contribution in [-0.2, 0) is 44.0 Å². The molecule has 1 N–H and O–H groups in total. The summed E-state index contributed by atoms with van der Waals surface area (Å²) >= 11 is 1.88. The molecule has 0 amide bonds. The SMILES string of the molecule is CC.CCC(=O)c1c(O)cc(C(C)CC/C=C\[N-]OC)oc1=O.CCCCc1ccc2sc(C)cc2c1.[Y]. The fraction of sp³-hybridized carbons (Fsp3) is 0.467. The number of benzene rings is 1. The summed E-state index contributed by atoms with van der Waals surface area (Å²) in [7, 11) is 1.46. The van der Waals surface area contributed by atoms with Crippen molar-refractivity contribution in [3.8, 4) is 5.75 Å². The van der Waals surface area contributed by atoms with Crippen molar-refractivity contribution in [1.29, 1.82) is 0 Å². The number of Topliss-reactive ketones (excluding diaryl/α,β-unsaturated/α-hetero) is 1. The second kappa shape index (κ2) is 20.2. The number of hydroxylamine groups is 1. The zero-order valence-corrected chi connectivity index (χ0v) is 27.5. The molecule has 0 fully saturated rings. The Morgan fingerprint density at radius 3 is 2.53 bits per heavy atom. The van der Waals surface area contributed by atoms with Gasteiger partial charge in [-0.05, 0) is 55.7 Å². The van der Waals surface area contributed by atoms with Crippen LogP contribution in [0.2, 0.25) is 0 Å². The van der Waals surface area contributed by atoms with Gasteiger partial charge in [-0.25, -0.2) is 4.79 Å². The number of hydrogen-bond donors (Lipinski definition) is 1. The zero-order chi connectivity index (χ0) is 27.8. The van der Waals surface area contributed by atoms with Crippen molar-refractivity contribution in [3.63, 3.8) is 0 Å². The topological polar surface area (TPSA) is 90.8 Å². The average Bonchev–Trinajstić information content (AvgIpc) is 3.27. The van der Waals surface area contributed by atoms with E-state index in [1.165, 1.54) is 53.0 Å². The molecule has 1 atom stereocenters. The van der Waals surface area contributed by atoms with Gasteiger partial charge in [-0.2, -0.15) is 6.20 Å². The minimum absolute atomic E-state index is 0. The van der Waals surface area contributed by atoms with Crippen LogP contribution in [0.4, 0.5) is 0 Å². The standard InChI is InChI=1S/C15H20NO5.C13H16S.C2H6.Y/c1-4-11(17)14-12(18)9-13(21-15(14)19)10(2)7-5-6-8-16-20-3;1-3-4-5-11-6-7-13-12(9-11)8-10(2)14-13;1-2;/h6,8-10H,4-5,7H2,1-3H3,(H,17,18,19);6-9H,3-5H2,1-2H3;1-2H3;/q-1;;;/b8-6-;;;. The van der Waals surface area contributed by atoms with Gasteiger partial charge in [-0.1, -0.05) is 53.2 Å². The molecule has 0 aliphatic carbocycles. The molecule has 2 heterocycles. The Hall–Kier alpha value is -1.80. The van der Waals surface area contributed by atoms with Crippen molar-refractivity contribution in [2.24, 2.45) is 0 Å². The molecule has 1 aromatic carbocycles. The number of nitrogens with zero attached hydrogens (tertiary/aromatic N) is 1. The molecule has 0 bridgehead atoms. The molecule has 38 heavy (non-hydrogen) atoms. The molecule has 3 rings (SSSR count). The van der Waals surface area contributed by atoms with Gasteiger partial charge < -0.3 is 19.8 Å². The van der Waals surface area contributed by atoms with Crippen molar-refractivity contribution >= 4 is 27.2 Å². The number of fused-ring (bicyclic) bond motifs is 1. The van der Waals surface area contributed by atoms with Crippen molar-refractivity contribution in [2.45, 2.75) is 86.0 Å². The van der Waals surface area contributed by atoms with E-state index in [9.17, 15) is 14.7 Å². The molecule has 207 valence electrons. The van der Waals surface area contributed by atoms with Crippen LogP contribution < -0.4 is 5.63 Å². The number of allylic oxidation sites excluding steroid dienone is 1. The Kier molecular flexibility index (Phi) is 19.2. The Morgan fingerprint density at radius 1 is 1.21 bits per heavy atom. The summed E-state index contributed by atoms with van der Waals surface area (Å²) in [5.74, 6) is -0.446. The minimum atomic E-state index is -0.784. The first-order chi connectivity index (χ1) is 17.8. The molecular weight excluding hydrogens is 575 g/mol. The maximum absolute atomic E-state index is 11.8. The number of carbonyl (C=O) groups excluding carboxylic acids is 1. The van der Waals surface area contributed by atoms with Crippen LogP contribution in [0.1, 0.15) is 99.2 Å². The number of carbonyl (C=O) groups is 1. The summed E-state index contributed by atoms with van der Waals surface area (Å²) < 4.78 is 6.56. The fourth-order valence-electron chi connectivity index (χ4n) is 3.60. The third-order valence-corrected chi connectivity index (χ3v) is 6.63. The molecule has 1 unspecified atom stereocenters. The first-order valence-electron chi connectivity index (χ1n) is 13.1. The molecule has 0 saturated heterocycles. The van der Waals surface area contributed by atoms with Crippen molar-refractivity contribution < 1.29 is 51.9 Å². The van der Waals surface area contributed by atoms with E-state index >= 15 is 0 Å². The molecule has 8 heteroatoms. The van der Waals surface area contributed by atoms with Crippen LogP contribution in [0, 0.1) is 6.92 Å². The van der Waals surface area contributed by atoms with Gasteiger partial charge in [0.05, 0.1) is 0 Å². The number of aryl methyl sites for hydroxylation is 2. The molecule has 0 saturated carbocycles. The first kappa shape index (κ1) is 36.2. The monoisotopic (exact) mass is 617 g/mol. The second-order valence-corrected chi connectivity index (χ2v) is 9.75. The number of hydrogen-bond acceptors (Lipinski definition) is 6. The van der Waals surface area contributed by atoms with Crippen molar-refractivity contribution in [1.82, 2.24) is 0 Å². The summed E-state index contributed by atoms with van der Waals surface area (Å²) in [6.07, 6.45) is 8.74. The van der Waals surface area contributed by atoms with Gasteiger partial charge in [0.25, 0.3) is 0 Å². The summed E-state index contributed by atoms with van der Waals surface area (Å²) in [5, 5.41) is 11.3. The summed E-state index contributed by atoms with van der Waals surface area (Å²) in [6.45, 7) is 11.9. The van der Waals surface area contributed by atoms with Crippen molar-refractivity contribution in [3.05, 3.63) is 80.3 Å². The number of thiophene rings is 1. The van der Waals surface area contributed by atoms with Crippen LogP contribution in [0.5, 0.6) is 5.75 Å². The summed E-state index contributed by atoms with van der Waals surface area (Å²) in [6, 6.07) is 10.5. The predicted octanol–water partition coefficient (Wildman–Crippen LogP) is 8.85. The minimum Gasteiger partial charge on any atom is -0.569 e. The quantitative estimate of drug-likeness (QED) is 0.171. The normalized spacial score (nSPS) is 11.1. The predicted molar refractivity (Wildman–Crippen MR) is 155 cm³/mol. The molecular formula is C30H42NO5SY-. The van der Waals surface area contributed by atoms with E-state index in [1.54, 1.807) is 13.1 Å². The fourth-order valence-corrected chi connectivity index (χ4v) is 4.51. The van der Waals surface area contributed by atoms with Crippen LogP contribution in [-0.4, -0.2) is 18.0 Å². The number of unbranched alkanes of at least 4 members (excludes halogenated alkanes) is 1. The van der Waals surface area contributed by atoms with Crippen LogP contribution in [0.15, 0.2) is 51.8 Å². The molecule has 0 aliphatic rings. The number of ketones is 1. The van der Waals surface area contributed by atoms with Gasteiger partial charge in [0.1, 0.15) is 17.1 Å².